The normalized spacial score (nSPS) is 32.2. The van der Waals surface area contributed by atoms with E-state index in [-0.39, 0.29) is 5.96 Å². The molecule has 70 valence electrons. The Hall–Kier alpha value is -0.580. The minimum Gasteiger partial charge on any atom is -0.408 e. The van der Waals surface area contributed by atoms with Crippen molar-refractivity contribution in [3.05, 3.63) is 0 Å². The van der Waals surface area contributed by atoms with E-state index >= 15 is 0 Å². The van der Waals surface area contributed by atoms with Gasteiger partial charge in [0.1, 0.15) is 0 Å². The van der Waals surface area contributed by atoms with Gasteiger partial charge in [0.2, 0.25) is 5.96 Å². The summed E-state index contributed by atoms with van der Waals surface area (Å²) in [5.74, 6) is 0.231. The lowest BCUT2D eigenvalue weighted by atomic mass is 10.3. The van der Waals surface area contributed by atoms with Crippen LogP contribution < -0.4 is 5.73 Å². The van der Waals surface area contributed by atoms with Gasteiger partial charge in [0.25, 0.3) is 0 Å². The Bertz CT molecular complexity index is 175. The zero-order chi connectivity index (χ0) is 9.14. The van der Waals surface area contributed by atoms with Crippen LogP contribution in [0.25, 0.3) is 0 Å². The predicted molar refractivity (Wildman–Crippen MR) is 51.5 cm³/mol. The van der Waals surface area contributed by atoms with Crippen LogP contribution in [0.3, 0.4) is 0 Å². The minimum absolute atomic E-state index is 0.231. The number of rotatable bonds is 0. The van der Waals surface area contributed by atoms with Gasteiger partial charge >= 0.3 is 0 Å². The van der Waals surface area contributed by atoms with Gasteiger partial charge in [0, 0.05) is 23.6 Å². The number of nitrogens with two attached hydrogens (primary N) is 1. The monoisotopic (exact) mass is 189 g/mol. The number of oxime groups is 1. The largest absolute Gasteiger partial charge is 0.408 e. The first-order chi connectivity index (χ1) is 5.63. The van der Waals surface area contributed by atoms with E-state index in [1.54, 1.807) is 0 Å². The second-order valence-electron chi connectivity index (χ2n) is 3.12. The molecular weight excluding hydrogens is 174 g/mol. The summed E-state index contributed by atoms with van der Waals surface area (Å²) in [7, 11) is 0. The summed E-state index contributed by atoms with van der Waals surface area (Å²) in [6.45, 7) is 6.03. The standard InChI is InChI=1S/C7H15N3OS/c1-5-3-10(7(8)9-11)4-6(2)12-5/h5-6,11H,3-4H2,1-2H3,(H2,8,9). The molecule has 2 unspecified atom stereocenters. The Morgan fingerprint density at radius 2 is 2.00 bits per heavy atom. The van der Waals surface area contributed by atoms with Gasteiger partial charge in [-0.05, 0) is 0 Å². The van der Waals surface area contributed by atoms with Crippen LogP contribution in [-0.4, -0.2) is 39.7 Å². The molecule has 1 aliphatic rings. The van der Waals surface area contributed by atoms with Crippen molar-refractivity contribution in [1.82, 2.24) is 4.90 Å². The summed E-state index contributed by atoms with van der Waals surface area (Å²) in [4.78, 5) is 1.91. The zero-order valence-corrected chi connectivity index (χ0v) is 8.21. The van der Waals surface area contributed by atoms with Gasteiger partial charge in [-0.15, -0.1) is 0 Å². The van der Waals surface area contributed by atoms with E-state index in [0.717, 1.165) is 13.1 Å². The second kappa shape index (κ2) is 3.89. The molecule has 0 aromatic rings. The van der Waals surface area contributed by atoms with Crippen LogP contribution in [0.1, 0.15) is 13.8 Å². The predicted octanol–water partition coefficient (Wildman–Crippen LogP) is 0.516. The average Bonchev–Trinajstić information content (AvgIpc) is 2.01. The topological polar surface area (TPSA) is 61.8 Å². The minimum atomic E-state index is 0.231. The molecule has 0 bridgehead atoms. The van der Waals surface area contributed by atoms with E-state index in [9.17, 15) is 0 Å². The van der Waals surface area contributed by atoms with E-state index < -0.39 is 0 Å². The van der Waals surface area contributed by atoms with Gasteiger partial charge in [0.05, 0.1) is 0 Å². The Labute approximate surface area is 76.8 Å². The third-order valence-corrected chi connectivity index (χ3v) is 3.07. The second-order valence-corrected chi connectivity index (χ2v) is 5.00. The van der Waals surface area contributed by atoms with Gasteiger partial charge in [-0.3, -0.25) is 0 Å². The molecule has 4 nitrogen and oxygen atoms in total. The van der Waals surface area contributed by atoms with Crippen molar-refractivity contribution in [3.63, 3.8) is 0 Å². The molecule has 2 atom stereocenters. The number of hydrogen-bond acceptors (Lipinski definition) is 3. The molecule has 1 heterocycles. The summed E-state index contributed by atoms with van der Waals surface area (Å²) < 4.78 is 0. The number of guanidine groups is 1. The van der Waals surface area contributed by atoms with Crippen LogP contribution in [0.5, 0.6) is 0 Å². The van der Waals surface area contributed by atoms with Crippen LogP contribution in [0.15, 0.2) is 5.16 Å². The van der Waals surface area contributed by atoms with Crippen molar-refractivity contribution in [1.29, 1.82) is 0 Å². The van der Waals surface area contributed by atoms with E-state index in [1.165, 1.54) is 0 Å². The van der Waals surface area contributed by atoms with Crippen LogP contribution in [0.4, 0.5) is 0 Å². The lowest BCUT2D eigenvalue weighted by Gasteiger charge is -2.34. The van der Waals surface area contributed by atoms with Gasteiger partial charge < -0.3 is 15.8 Å². The molecule has 1 rings (SSSR count). The maximum absolute atomic E-state index is 8.47. The zero-order valence-electron chi connectivity index (χ0n) is 7.40. The number of hydrogen-bond donors (Lipinski definition) is 2. The molecule has 1 fully saturated rings. The van der Waals surface area contributed by atoms with E-state index in [2.05, 4.69) is 19.0 Å². The SMILES string of the molecule is CC1CN(C(N)=NO)CC(C)S1. The fourth-order valence-corrected chi connectivity index (χ4v) is 2.75. The molecule has 3 N–H and O–H groups in total. The molecule has 0 aliphatic carbocycles. The van der Waals surface area contributed by atoms with Crippen LogP contribution in [-0.2, 0) is 0 Å². The molecule has 0 saturated carbocycles. The third kappa shape index (κ3) is 2.20. The molecular formula is C7H15N3OS. The lowest BCUT2D eigenvalue weighted by molar-refractivity contribution is 0.296. The summed E-state index contributed by atoms with van der Waals surface area (Å²) in [6, 6.07) is 0. The molecule has 12 heavy (non-hydrogen) atoms. The first kappa shape index (κ1) is 9.51. The molecule has 1 saturated heterocycles. The van der Waals surface area contributed by atoms with Crippen LogP contribution in [0, 0.1) is 0 Å². The van der Waals surface area contributed by atoms with E-state index in [1.807, 2.05) is 16.7 Å². The quantitative estimate of drug-likeness (QED) is 0.252. The molecule has 0 aromatic carbocycles. The third-order valence-electron chi connectivity index (χ3n) is 1.85. The molecule has 1 aliphatic heterocycles. The van der Waals surface area contributed by atoms with E-state index in [4.69, 9.17) is 10.9 Å². The molecule has 5 heteroatoms. The Kier molecular flexibility index (Phi) is 3.08. The Morgan fingerprint density at radius 1 is 1.50 bits per heavy atom. The van der Waals surface area contributed by atoms with Crippen molar-refractivity contribution in [2.45, 2.75) is 24.3 Å². The van der Waals surface area contributed by atoms with Crippen molar-refractivity contribution < 1.29 is 5.21 Å². The highest BCUT2D eigenvalue weighted by Crippen LogP contribution is 2.24. The summed E-state index contributed by atoms with van der Waals surface area (Å²) in [5, 5.41) is 12.6. The van der Waals surface area contributed by atoms with Crippen molar-refractivity contribution in [2.75, 3.05) is 13.1 Å². The van der Waals surface area contributed by atoms with Crippen molar-refractivity contribution in [3.8, 4) is 0 Å². The Balaban J connectivity index is 2.55. The molecule has 0 amide bonds. The first-order valence-electron chi connectivity index (χ1n) is 4.01. The Morgan fingerprint density at radius 3 is 2.42 bits per heavy atom. The van der Waals surface area contributed by atoms with Gasteiger partial charge in [-0.2, -0.15) is 11.8 Å². The fourth-order valence-electron chi connectivity index (χ4n) is 1.43. The van der Waals surface area contributed by atoms with Crippen LogP contribution >= 0.6 is 11.8 Å². The first-order valence-corrected chi connectivity index (χ1v) is 4.95. The van der Waals surface area contributed by atoms with E-state index in [0.29, 0.717) is 10.5 Å². The van der Waals surface area contributed by atoms with Gasteiger partial charge in [-0.25, -0.2) is 0 Å². The van der Waals surface area contributed by atoms with Crippen molar-refractivity contribution in [2.24, 2.45) is 10.9 Å². The van der Waals surface area contributed by atoms with Gasteiger partial charge in [-0.1, -0.05) is 19.0 Å². The molecule has 0 spiro atoms. The maximum atomic E-state index is 8.47. The summed E-state index contributed by atoms with van der Waals surface area (Å²) in [5.41, 5.74) is 5.49. The van der Waals surface area contributed by atoms with Crippen molar-refractivity contribution >= 4 is 17.7 Å². The fraction of sp³-hybridized carbons (Fsp3) is 0.857. The number of nitrogens with zero attached hydrogens (tertiary/aromatic N) is 2. The molecule has 0 aromatic heterocycles. The highest BCUT2D eigenvalue weighted by atomic mass is 32.2. The smallest absolute Gasteiger partial charge is 0.233 e. The number of thioether (sulfide) groups is 1. The van der Waals surface area contributed by atoms with Gasteiger partial charge in [0.15, 0.2) is 0 Å². The summed E-state index contributed by atoms with van der Waals surface area (Å²) >= 11 is 1.94. The highest BCUT2D eigenvalue weighted by Gasteiger charge is 2.23. The summed E-state index contributed by atoms with van der Waals surface area (Å²) in [6.07, 6.45) is 0. The van der Waals surface area contributed by atoms with Crippen LogP contribution in [0.2, 0.25) is 0 Å². The highest BCUT2D eigenvalue weighted by molar-refractivity contribution is 8.00. The molecule has 0 radical (unpaired) electrons. The lowest BCUT2D eigenvalue weighted by Crippen LogP contribution is -2.47. The average molecular weight is 189 g/mol. The maximum Gasteiger partial charge on any atom is 0.233 e.